The summed E-state index contributed by atoms with van der Waals surface area (Å²) in [5.74, 6) is 0.218. The van der Waals surface area contributed by atoms with Crippen LogP contribution < -0.4 is 4.74 Å². The molecule has 0 fully saturated rings. The van der Waals surface area contributed by atoms with Gasteiger partial charge in [-0.15, -0.1) is 0 Å². The van der Waals surface area contributed by atoms with Gasteiger partial charge in [-0.25, -0.2) is 0 Å². The Morgan fingerprint density at radius 1 is 1.16 bits per heavy atom. The number of hydrogen-bond acceptors (Lipinski definition) is 4. The smallest absolute Gasteiger partial charge is 0.280 e. The molecule has 0 radical (unpaired) electrons. The number of methoxy groups -OCH3 is 1. The Bertz CT molecular complexity index is 623. The molecule has 0 saturated heterocycles. The van der Waals surface area contributed by atoms with Crippen LogP contribution in [0.15, 0.2) is 42.5 Å². The van der Waals surface area contributed by atoms with Gasteiger partial charge < -0.3 is 4.74 Å². The van der Waals surface area contributed by atoms with Gasteiger partial charge in [0.15, 0.2) is 6.29 Å². The number of nitro benzene ring substituents is 1. The van der Waals surface area contributed by atoms with Crippen LogP contribution in [0, 0.1) is 10.1 Å². The molecule has 0 aromatic heterocycles. The standard InChI is InChI=1S/C14H11NO4/c1-19-14-11(9-16)7-8-12(15(17)18)13(14)10-5-3-2-4-6-10/h2-9H,1H3. The fraction of sp³-hybridized carbons (Fsp3) is 0.0714. The summed E-state index contributed by atoms with van der Waals surface area (Å²) < 4.78 is 5.18. The molecule has 0 heterocycles. The second-order valence-corrected chi connectivity index (χ2v) is 3.82. The van der Waals surface area contributed by atoms with E-state index in [-0.39, 0.29) is 17.0 Å². The zero-order valence-corrected chi connectivity index (χ0v) is 10.2. The van der Waals surface area contributed by atoms with E-state index in [2.05, 4.69) is 0 Å². The topological polar surface area (TPSA) is 69.4 Å². The molecule has 0 aliphatic carbocycles. The molecule has 5 heteroatoms. The number of rotatable bonds is 4. The first-order chi connectivity index (χ1) is 9.19. The lowest BCUT2D eigenvalue weighted by Crippen LogP contribution is -1.99. The summed E-state index contributed by atoms with van der Waals surface area (Å²) in [6.45, 7) is 0. The van der Waals surface area contributed by atoms with Gasteiger partial charge in [-0.05, 0) is 11.6 Å². The SMILES string of the molecule is COc1c(C=O)ccc([N+](=O)[O-])c1-c1ccccc1. The van der Waals surface area contributed by atoms with Gasteiger partial charge in [0.1, 0.15) is 11.3 Å². The van der Waals surface area contributed by atoms with Crippen LogP contribution in [0.4, 0.5) is 5.69 Å². The first-order valence-corrected chi connectivity index (χ1v) is 5.55. The van der Waals surface area contributed by atoms with Crippen molar-refractivity contribution in [2.24, 2.45) is 0 Å². The largest absolute Gasteiger partial charge is 0.495 e. The summed E-state index contributed by atoms with van der Waals surface area (Å²) >= 11 is 0. The van der Waals surface area contributed by atoms with E-state index >= 15 is 0 Å². The Morgan fingerprint density at radius 2 is 1.84 bits per heavy atom. The van der Waals surface area contributed by atoms with Crippen LogP contribution in [0.3, 0.4) is 0 Å². The van der Waals surface area contributed by atoms with Gasteiger partial charge in [0.05, 0.1) is 17.6 Å². The van der Waals surface area contributed by atoms with E-state index in [9.17, 15) is 14.9 Å². The summed E-state index contributed by atoms with van der Waals surface area (Å²) in [5, 5.41) is 11.1. The minimum absolute atomic E-state index is 0.0892. The molecule has 19 heavy (non-hydrogen) atoms. The molecular formula is C14H11NO4. The normalized spacial score (nSPS) is 9.95. The van der Waals surface area contributed by atoms with E-state index in [0.29, 0.717) is 17.4 Å². The summed E-state index contributed by atoms with van der Waals surface area (Å²) in [6, 6.07) is 11.5. The predicted octanol–water partition coefficient (Wildman–Crippen LogP) is 3.08. The lowest BCUT2D eigenvalue weighted by molar-refractivity contribution is -0.384. The van der Waals surface area contributed by atoms with Crippen LogP contribution in [-0.4, -0.2) is 18.3 Å². The van der Waals surface area contributed by atoms with E-state index in [1.807, 2.05) is 6.07 Å². The summed E-state index contributed by atoms with van der Waals surface area (Å²) in [4.78, 5) is 21.6. The minimum atomic E-state index is -0.487. The summed E-state index contributed by atoms with van der Waals surface area (Å²) in [7, 11) is 1.39. The molecule has 0 N–H and O–H groups in total. The molecule has 2 aromatic carbocycles. The van der Waals surface area contributed by atoms with E-state index in [4.69, 9.17) is 4.74 Å². The van der Waals surface area contributed by atoms with Gasteiger partial charge in [0.25, 0.3) is 5.69 Å². The number of aldehydes is 1. The van der Waals surface area contributed by atoms with Crippen molar-refractivity contribution in [3.8, 4) is 16.9 Å². The Balaban J connectivity index is 2.80. The molecule has 0 aliphatic rings. The number of nitro groups is 1. The third-order valence-electron chi connectivity index (χ3n) is 2.76. The molecular weight excluding hydrogens is 246 g/mol. The number of carbonyl (C=O) groups is 1. The zero-order valence-electron chi connectivity index (χ0n) is 10.2. The van der Waals surface area contributed by atoms with Crippen LogP contribution in [-0.2, 0) is 0 Å². The van der Waals surface area contributed by atoms with Crippen molar-refractivity contribution < 1.29 is 14.5 Å². The van der Waals surface area contributed by atoms with Gasteiger partial charge in [-0.3, -0.25) is 14.9 Å². The van der Waals surface area contributed by atoms with Gasteiger partial charge in [-0.1, -0.05) is 30.3 Å². The quantitative estimate of drug-likeness (QED) is 0.479. The van der Waals surface area contributed by atoms with Gasteiger partial charge in [0, 0.05) is 6.07 Å². The zero-order chi connectivity index (χ0) is 13.8. The molecule has 0 saturated carbocycles. The monoisotopic (exact) mass is 257 g/mol. The number of benzene rings is 2. The minimum Gasteiger partial charge on any atom is -0.495 e. The first kappa shape index (κ1) is 12.8. The highest BCUT2D eigenvalue weighted by Crippen LogP contribution is 2.39. The number of carbonyl (C=O) groups excluding carboxylic acids is 1. The Hall–Kier alpha value is -2.69. The third kappa shape index (κ3) is 2.30. The number of ether oxygens (including phenoxy) is 1. The molecule has 0 unspecified atom stereocenters. The van der Waals surface area contributed by atoms with E-state index in [1.54, 1.807) is 24.3 Å². The van der Waals surface area contributed by atoms with E-state index in [1.165, 1.54) is 19.2 Å². The van der Waals surface area contributed by atoms with Crippen LogP contribution in [0.1, 0.15) is 10.4 Å². The van der Waals surface area contributed by atoms with E-state index in [0.717, 1.165) is 0 Å². The molecule has 0 atom stereocenters. The van der Waals surface area contributed by atoms with Crippen molar-refractivity contribution in [1.82, 2.24) is 0 Å². The molecule has 5 nitrogen and oxygen atoms in total. The maximum Gasteiger partial charge on any atom is 0.280 e. The van der Waals surface area contributed by atoms with Crippen molar-refractivity contribution in [2.45, 2.75) is 0 Å². The van der Waals surface area contributed by atoms with E-state index < -0.39 is 4.92 Å². The Labute approximate surface area is 109 Å². The molecule has 0 aliphatic heterocycles. The molecule has 96 valence electrons. The van der Waals surface area contributed by atoms with Crippen molar-refractivity contribution in [1.29, 1.82) is 0 Å². The molecule has 0 spiro atoms. The number of nitrogens with zero attached hydrogens (tertiary/aromatic N) is 1. The second-order valence-electron chi connectivity index (χ2n) is 3.82. The molecule has 2 rings (SSSR count). The first-order valence-electron chi connectivity index (χ1n) is 5.55. The highest BCUT2D eigenvalue weighted by atomic mass is 16.6. The van der Waals surface area contributed by atoms with Crippen LogP contribution in [0.5, 0.6) is 5.75 Å². The maximum absolute atomic E-state index is 11.1. The van der Waals surface area contributed by atoms with Crippen LogP contribution in [0.2, 0.25) is 0 Å². The van der Waals surface area contributed by atoms with Crippen molar-refractivity contribution in [2.75, 3.05) is 7.11 Å². The van der Waals surface area contributed by atoms with Crippen molar-refractivity contribution >= 4 is 12.0 Å². The summed E-state index contributed by atoms with van der Waals surface area (Å²) in [6.07, 6.45) is 0.620. The Morgan fingerprint density at radius 3 is 2.37 bits per heavy atom. The Kier molecular flexibility index (Phi) is 3.56. The molecule has 0 bridgehead atoms. The molecule has 0 amide bonds. The van der Waals surface area contributed by atoms with Gasteiger partial charge in [0.2, 0.25) is 0 Å². The highest BCUT2D eigenvalue weighted by Gasteiger charge is 2.22. The average Bonchev–Trinajstić information content (AvgIpc) is 2.46. The predicted molar refractivity (Wildman–Crippen MR) is 70.5 cm³/mol. The van der Waals surface area contributed by atoms with Crippen molar-refractivity contribution in [3.05, 3.63) is 58.1 Å². The fourth-order valence-corrected chi connectivity index (χ4v) is 1.94. The lowest BCUT2D eigenvalue weighted by atomic mass is 9.99. The summed E-state index contributed by atoms with van der Waals surface area (Å²) in [5.41, 5.74) is 1.15. The number of hydrogen-bond donors (Lipinski definition) is 0. The van der Waals surface area contributed by atoms with Crippen molar-refractivity contribution in [3.63, 3.8) is 0 Å². The van der Waals surface area contributed by atoms with Crippen LogP contribution >= 0.6 is 0 Å². The van der Waals surface area contributed by atoms with Gasteiger partial charge >= 0.3 is 0 Å². The lowest BCUT2D eigenvalue weighted by Gasteiger charge is -2.11. The molecule has 2 aromatic rings. The second kappa shape index (κ2) is 5.30. The third-order valence-corrected chi connectivity index (χ3v) is 2.76. The maximum atomic E-state index is 11.1. The van der Waals surface area contributed by atoms with Crippen LogP contribution in [0.25, 0.3) is 11.1 Å². The van der Waals surface area contributed by atoms with Gasteiger partial charge in [-0.2, -0.15) is 0 Å². The highest BCUT2D eigenvalue weighted by molar-refractivity contribution is 5.90. The average molecular weight is 257 g/mol. The fourth-order valence-electron chi connectivity index (χ4n) is 1.94.